The lowest BCUT2D eigenvalue weighted by Gasteiger charge is -2.10. The molecule has 0 aliphatic rings. The van der Waals surface area contributed by atoms with Crippen LogP contribution < -0.4 is 5.56 Å². The van der Waals surface area contributed by atoms with Crippen LogP contribution in [-0.2, 0) is 5.75 Å². The lowest BCUT2D eigenvalue weighted by Crippen LogP contribution is -2.12. The van der Waals surface area contributed by atoms with Crippen LogP contribution in [0, 0.1) is 13.8 Å². The van der Waals surface area contributed by atoms with Crippen molar-refractivity contribution in [2.24, 2.45) is 0 Å². The van der Waals surface area contributed by atoms with E-state index >= 15 is 0 Å². The molecule has 0 unspecified atom stereocenters. The molecule has 0 aliphatic carbocycles. The summed E-state index contributed by atoms with van der Waals surface area (Å²) in [7, 11) is 0. The summed E-state index contributed by atoms with van der Waals surface area (Å²) in [6.45, 7) is 4.13. The Hall–Kier alpha value is -2.45. The third-order valence-corrected chi connectivity index (χ3v) is 5.58. The number of thioether (sulfide) groups is 1. The minimum absolute atomic E-state index is 0.0576. The zero-order valence-corrected chi connectivity index (χ0v) is 15.3. The van der Waals surface area contributed by atoms with Crippen molar-refractivity contribution in [2.45, 2.75) is 24.8 Å². The van der Waals surface area contributed by atoms with Gasteiger partial charge in [0.05, 0.1) is 11.4 Å². The molecule has 1 aromatic carbocycles. The summed E-state index contributed by atoms with van der Waals surface area (Å²) in [4.78, 5) is 17.3. The van der Waals surface area contributed by atoms with Gasteiger partial charge in [-0.2, -0.15) is 0 Å². The fourth-order valence-corrected chi connectivity index (χ4v) is 4.12. The van der Waals surface area contributed by atoms with Gasteiger partial charge < -0.3 is 0 Å². The quantitative estimate of drug-likeness (QED) is 0.517. The van der Waals surface area contributed by atoms with E-state index in [9.17, 15) is 4.79 Å². The van der Waals surface area contributed by atoms with Crippen molar-refractivity contribution in [2.75, 3.05) is 0 Å². The van der Waals surface area contributed by atoms with E-state index in [-0.39, 0.29) is 5.56 Å². The SMILES string of the molecule is Cc1ccc(C)c(-n2cnnc2SCc2cc(=O)n3ccsc3n2)c1. The van der Waals surface area contributed by atoms with Gasteiger partial charge in [0, 0.05) is 23.4 Å². The maximum absolute atomic E-state index is 12.1. The van der Waals surface area contributed by atoms with Crippen molar-refractivity contribution in [1.29, 1.82) is 0 Å². The highest BCUT2D eigenvalue weighted by Gasteiger charge is 2.11. The molecule has 4 rings (SSSR count). The van der Waals surface area contributed by atoms with Crippen LogP contribution in [-0.4, -0.2) is 24.1 Å². The van der Waals surface area contributed by atoms with E-state index in [2.05, 4.69) is 47.2 Å². The molecule has 0 N–H and O–H groups in total. The lowest BCUT2D eigenvalue weighted by atomic mass is 10.1. The summed E-state index contributed by atoms with van der Waals surface area (Å²) in [6.07, 6.45) is 3.46. The Morgan fingerprint density at radius 3 is 3.00 bits per heavy atom. The number of aromatic nitrogens is 5. The molecule has 0 saturated carbocycles. The summed E-state index contributed by atoms with van der Waals surface area (Å²) in [5.74, 6) is 0.563. The van der Waals surface area contributed by atoms with E-state index in [1.807, 2.05) is 9.95 Å². The molecule has 126 valence electrons. The van der Waals surface area contributed by atoms with Crippen LogP contribution in [0.4, 0.5) is 0 Å². The average Bonchev–Trinajstić information content (AvgIpc) is 3.24. The molecule has 0 amide bonds. The van der Waals surface area contributed by atoms with E-state index in [1.54, 1.807) is 23.0 Å². The van der Waals surface area contributed by atoms with Gasteiger partial charge in [0.1, 0.15) is 6.33 Å². The second-order valence-corrected chi connectivity index (χ2v) is 7.52. The van der Waals surface area contributed by atoms with Gasteiger partial charge in [-0.3, -0.25) is 13.8 Å². The molecule has 4 aromatic rings. The van der Waals surface area contributed by atoms with Crippen molar-refractivity contribution in [3.63, 3.8) is 0 Å². The fourth-order valence-electron chi connectivity index (χ4n) is 2.57. The smallest absolute Gasteiger partial charge is 0.258 e. The highest BCUT2D eigenvalue weighted by atomic mass is 32.2. The number of fused-ring (bicyclic) bond motifs is 1. The second kappa shape index (κ2) is 6.45. The molecule has 0 atom stereocenters. The number of benzene rings is 1. The number of thiazole rings is 1. The first kappa shape index (κ1) is 16.0. The van der Waals surface area contributed by atoms with Crippen LogP contribution in [0.15, 0.2) is 52.1 Å². The van der Waals surface area contributed by atoms with E-state index in [0.29, 0.717) is 10.7 Å². The van der Waals surface area contributed by atoms with Gasteiger partial charge in [-0.15, -0.1) is 21.5 Å². The highest BCUT2D eigenvalue weighted by Crippen LogP contribution is 2.25. The van der Waals surface area contributed by atoms with E-state index < -0.39 is 0 Å². The molecule has 0 spiro atoms. The van der Waals surface area contributed by atoms with Gasteiger partial charge in [-0.05, 0) is 31.0 Å². The summed E-state index contributed by atoms with van der Waals surface area (Å²) in [6, 6.07) is 7.87. The van der Waals surface area contributed by atoms with Gasteiger partial charge in [0.25, 0.3) is 5.56 Å². The Kier molecular flexibility index (Phi) is 4.14. The zero-order chi connectivity index (χ0) is 17.4. The molecular formula is C17H15N5OS2. The number of rotatable bonds is 4. The van der Waals surface area contributed by atoms with Crippen LogP contribution >= 0.6 is 23.1 Å². The van der Waals surface area contributed by atoms with Crippen LogP contribution in [0.3, 0.4) is 0 Å². The summed E-state index contributed by atoms with van der Waals surface area (Å²) < 4.78 is 3.53. The molecule has 0 aliphatic heterocycles. The van der Waals surface area contributed by atoms with Crippen LogP contribution in [0.1, 0.15) is 16.8 Å². The molecule has 0 bridgehead atoms. The molecule has 3 heterocycles. The summed E-state index contributed by atoms with van der Waals surface area (Å²) >= 11 is 2.97. The summed E-state index contributed by atoms with van der Waals surface area (Å²) in [5.41, 5.74) is 4.09. The minimum atomic E-state index is -0.0576. The number of hydrogen-bond donors (Lipinski definition) is 0. The molecular weight excluding hydrogens is 354 g/mol. The van der Waals surface area contributed by atoms with Crippen LogP contribution in [0.5, 0.6) is 0 Å². The molecule has 6 nitrogen and oxygen atoms in total. The topological polar surface area (TPSA) is 65.1 Å². The van der Waals surface area contributed by atoms with Gasteiger partial charge >= 0.3 is 0 Å². The zero-order valence-electron chi connectivity index (χ0n) is 13.7. The second-order valence-electron chi connectivity index (χ2n) is 5.70. The molecule has 0 radical (unpaired) electrons. The molecule has 0 saturated heterocycles. The molecule has 3 aromatic heterocycles. The van der Waals surface area contributed by atoms with Crippen molar-refractivity contribution >= 4 is 28.1 Å². The van der Waals surface area contributed by atoms with Gasteiger partial charge in [0.2, 0.25) is 0 Å². The van der Waals surface area contributed by atoms with Crippen LogP contribution in [0.2, 0.25) is 0 Å². The molecule has 8 heteroatoms. The Morgan fingerprint density at radius 1 is 1.24 bits per heavy atom. The summed E-state index contributed by atoms with van der Waals surface area (Å²) in [5, 5.41) is 10.9. The first-order chi connectivity index (χ1) is 12.1. The van der Waals surface area contributed by atoms with E-state index in [0.717, 1.165) is 22.1 Å². The van der Waals surface area contributed by atoms with Gasteiger partial charge in [-0.1, -0.05) is 23.9 Å². The van der Waals surface area contributed by atoms with Crippen molar-refractivity contribution in [1.82, 2.24) is 24.1 Å². The predicted molar refractivity (Wildman–Crippen MR) is 99.7 cm³/mol. The van der Waals surface area contributed by atoms with E-state index in [4.69, 9.17) is 0 Å². The Bertz CT molecular complexity index is 1110. The third kappa shape index (κ3) is 3.10. The van der Waals surface area contributed by atoms with E-state index in [1.165, 1.54) is 28.7 Å². The molecule has 0 fully saturated rings. The molecule has 25 heavy (non-hydrogen) atoms. The number of aryl methyl sites for hydroxylation is 2. The highest BCUT2D eigenvalue weighted by molar-refractivity contribution is 7.98. The number of hydrogen-bond acceptors (Lipinski definition) is 6. The first-order valence-electron chi connectivity index (χ1n) is 7.68. The van der Waals surface area contributed by atoms with Gasteiger partial charge in [0.15, 0.2) is 10.1 Å². The standard InChI is InChI=1S/C17H15N5OS2/c1-11-3-4-12(2)14(7-11)22-10-18-20-17(22)25-9-13-8-15(23)21-5-6-24-16(21)19-13/h3-8,10H,9H2,1-2H3. The van der Waals surface area contributed by atoms with Crippen molar-refractivity contribution in [3.05, 3.63) is 69.3 Å². The lowest BCUT2D eigenvalue weighted by molar-refractivity contribution is 0.875. The Balaban J connectivity index is 1.62. The minimum Gasteiger partial charge on any atom is -0.276 e. The normalized spacial score (nSPS) is 11.3. The Morgan fingerprint density at radius 2 is 2.12 bits per heavy atom. The average molecular weight is 369 g/mol. The first-order valence-corrected chi connectivity index (χ1v) is 9.54. The third-order valence-electron chi connectivity index (χ3n) is 3.85. The van der Waals surface area contributed by atoms with Crippen molar-refractivity contribution in [3.8, 4) is 5.69 Å². The maximum Gasteiger partial charge on any atom is 0.258 e. The van der Waals surface area contributed by atoms with Gasteiger partial charge in [-0.25, -0.2) is 4.98 Å². The maximum atomic E-state index is 12.1. The number of nitrogens with zero attached hydrogens (tertiary/aromatic N) is 5. The van der Waals surface area contributed by atoms with Crippen molar-refractivity contribution < 1.29 is 0 Å². The Labute approximate surface area is 152 Å². The van der Waals surface area contributed by atoms with Crippen LogP contribution in [0.25, 0.3) is 10.6 Å². The largest absolute Gasteiger partial charge is 0.276 e. The fraction of sp³-hybridized carbons (Fsp3) is 0.176. The predicted octanol–water partition coefficient (Wildman–Crippen LogP) is 3.25. The monoisotopic (exact) mass is 369 g/mol.